The summed E-state index contributed by atoms with van der Waals surface area (Å²) in [6.45, 7) is 5.61. The summed E-state index contributed by atoms with van der Waals surface area (Å²) >= 11 is 0. The van der Waals surface area contributed by atoms with Crippen LogP contribution < -0.4 is 0 Å². The normalized spacial score (nSPS) is 10.9. The van der Waals surface area contributed by atoms with Crippen molar-refractivity contribution in [2.75, 3.05) is 7.11 Å². The molecule has 0 spiro atoms. The number of carbonyl (C=O) groups excluding carboxylic acids is 1. The smallest absolute Gasteiger partial charge is 0.309 e. The summed E-state index contributed by atoms with van der Waals surface area (Å²) in [7, 11) is 1.38. The topological polar surface area (TPSA) is 26.3 Å². The Hall–Kier alpha value is -1.05. The van der Waals surface area contributed by atoms with Crippen molar-refractivity contribution in [3.63, 3.8) is 0 Å². The molecular weight excluding hydrogens is 140 g/mol. The Balaban J connectivity index is 3.98. The van der Waals surface area contributed by atoms with E-state index < -0.39 is 0 Å². The lowest BCUT2D eigenvalue weighted by atomic mass is 10.1. The summed E-state index contributed by atoms with van der Waals surface area (Å²) in [4.78, 5) is 10.7. The molecule has 0 amide bonds. The van der Waals surface area contributed by atoms with Crippen molar-refractivity contribution in [3.8, 4) is 0 Å². The predicted molar refractivity (Wildman–Crippen MR) is 45.2 cm³/mol. The Morgan fingerprint density at radius 2 is 2.27 bits per heavy atom. The van der Waals surface area contributed by atoms with Crippen LogP contribution in [0.15, 0.2) is 24.3 Å². The van der Waals surface area contributed by atoms with Crippen LogP contribution in [0, 0.1) is 0 Å². The maximum Gasteiger partial charge on any atom is 0.309 e. The molecule has 0 atom stereocenters. The van der Waals surface area contributed by atoms with Crippen LogP contribution >= 0.6 is 0 Å². The van der Waals surface area contributed by atoms with Crippen LogP contribution in [0.3, 0.4) is 0 Å². The Kier molecular flexibility index (Phi) is 5.17. The van der Waals surface area contributed by atoms with E-state index in [0.29, 0.717) is 6.42 Å². The Morgan fingerprint density at radius 3 is 2.64 bits per heavy atom. The second kappa shape index (κ2) is 5.71. The second-order valence-electron chi connectivity index (χ2n) is 2.14. The second-order valence-corrected chi connectivity index (χ2v) is 2.14. The Morgan fingerprint density at radius 1 is 1.64 bits per heavy atom. The third-order valence-electron chi connectivity index (χ3n) is 1.30. The minimum absolute atomic E-state index is 0.218. The van der Waals surface area contributed by atoms with E-state index >= 15 is 0 Å². The fourth-order valence-electron chi connectivity index (χ4n) is 0.729. The van der Waals surface area contributed by atoms with Gasteiger partial charge in [-0.25, -0.2) is 0 Å². The first-order valence-corrected chi connectivity index (χ1v) is 3.62. The van der Waals surface area contributed by atoms with E-state index in [-0.39, 0.29) is 5.97 Å². The minimum atomic E-state index is -0.218. The van der Waals surface area contributed by atoms with Crippen LogP contribution in [0.4, 0.5) is 0 Å². The van der Waals surface area contributed by atoms with Crippen LogP contribution in [0.2, 0.25) is 0 Å². The fraction of sp³-hybridized carbons (Fsp3) is 0.444. The molecule has 0 saturated heterocycles. The first-order valence-electron chi connectivity index (χ1n) is 3.62. The van der Waals surface area contributed by atoms with E-state index in [1.165, 1.54) is 7.11 Å². The van der Waals surface area contributed by atoms with Gasteiger partial charge in [-0.15, -0.1) is 0 Å². The molecule has 0 aromatic rings. The van der Waals surface area contributed by atoms with Crippen molar-refractivity contribution in [2.24, 2.45) is 0 Å². The molecule has 0 rings (SSSR count). The Labute approximate surface area is 67.6 Å². The van der Waals surface area contributed by atoms with Gasteiger partial charge in [0.2, 0.25) is 0 Å². The largest absolute Gasteiger partial charge is 0.469 e. The van der Waals surface area contributed by atoms with Gasteiger partial charge < -0.3 is 4.74 Å². The molecule has 11 heavy (non-hydrogen) atoms. The van der Waals surface area contributed by atoms with Crippen LogP contribution in [0.1, 0.15) is 19.8 Å². The monoisotopic (exact) mass is 154 g/mol. The number of rotatable bonds is 4. The highest BCUT2D eigenvalue weighted by atomic mass is 16.5. The van der Waals surface area contributed by atoms with E-state index in [4.69, 9.17) is 0 Å². The summed E-state index contributed by atoms with van der Waals surface area (Å²) in [5.41, 5.74) is 0.930. The van der Waals surface area contributed by atoms with Gasteiger partial charge in [0.25, 0.3) is 0 Å². The number of hydrogen-bond donors (Lipinski definition) is 0. The highest BCUT2D eigenvalue weighted by Gasteiger charge is 2.00. The number of hydrogen-bond acceptors (Lipinski definition) is 2. The van der Waals surface area contributed by atoms with Crippen LogP contribution in [-0.4, -0.2) is 13.1 Å². The molecule has 0 bridgehead atoms. The van der Waals surface area contributed by atoms with Crippen molar-refractivity contribution >= 4 is 5.97 Å². The van der Waals surface area contributed by atoms with Gasteiger partial charge in [-0.2, -0.15) is 0 Å². The molecule has 0 unspecified atom stereocenters. The quantitative estimate of drug-likeness (QED) is 0.457. The van der Waals surface area contributed by atoms with Gasteiger partial charge in [-0.3, -0.25) is 4.79 Å². The van der Waals surface area contributed by atoms with E-state index in [1.807, 2.05) is 13.0 Å². The first kappa shape index (κ1) is 9.95. The minimum Gasteiger partial charge on any atom is -0.469 e. The number of esters is 1. The van der Waals surface area contributed by atoms with Crippen molar-refractivity contribution < 1.29 is 9.53 Å². The highest BCUT2D eigenvalue weighted by Crippen LogP contribution is 2.04. The Bertz CT molecular complexity index is 168. The van der Waals surface area contributed by atoms with E-state index in [0.717, 1.165) is 12.0 Å². The lowest BCUT2D eigenvalue weighted by Gasteiger charge is -1.98. The summed E-state index contributed by atoms with van der Waals surface area (Å²) < 4.78 is 4.50. The first-order chi connectivity index (χ1) is 5.24. The third kappa shape index (κ3) is 4.37. The number of allylic oxidation sites excluding steroid dienone is 2. The van der Waals surface area contributed by atoms with Crippen molar-refractivity contribution in [3.05, 3.63) is 24.3 Å². The molecule has 2 nitrogen and oxygen atoms in total. The summed E-state index contributed by atoms with van der Waals surface area (Å²) in [5, 5.41) is 0. The number of methoxy groups -OCH3 is 1. The van der Waals surface area contributed by atoms with Crippen LogP contribution in [-0.2, 0) is 9.53 Å². The van der Waals surface area contributed by atoms with Gasteiger partial charge in [-0.1, -0.05) is 25.7 Å². The number of carbonyl (C=O) groups is 1. The van der Waals surface area contributed by atoms with Crippen molar-refractivity contribution in [1.29, 1.82) is 0 Å². The molecule has 0 aliphatic heterocycles. The number of ether oxygens (including phenoxy) is 1. The van der Waals surface area contributed by atoms with E-state index in [2.05, 4.69) is 11.3 Å². The molecular formula is C9H14O2. The molecule has 0 N–H and O–H groups in total. The molecule has 0 fully saturated rings. The summed E-state index contributed by atoms with van der Waals surface area (Å²) in [6.07, 6.45) is 4.89. The maximum atomic E-state index is 10.7. The fourth-order valence-corrected chi connectivity index (χ4v) is 0.729. The van der Waals surface area contributed by atoms with E-state index in [1.54, 1.807) is 6.08 Å². The van der Waals surface area contributed by atoms with Crippen LogP contribution in [0.25, 0.3) is 0 Å². The van der Waals surface area contributed by atoms with Gasteiger partial charge in [0.15, 0.2) is 0 Å². The molecule has 0 aliphatic carbocycles. The molecule has 0 aromatic carbocycles. The summed E-state index contributed by atoms with van der Waals surface area (Å²) in [5.74, 6) is -0.218. The van der Waals surface area contributed by atoms with Crippen molar-refractivity contribution in [2.45, 2.75) is 19.8 Å². The SMILES string of the molecule is C=C/C(=C\CC)CC(=O)OC. The van der Waals surface area contributed by atoms with Gasteiger partial charge in [0, 0.05) is 0 Å². The van der Waals surface area contributed by atoms with Crippen molar-refractivity contribution in [1.82, 2.24) is 0 Å². The van der Waals surface area contributed by atoms with Crippen LogP contribution in [0.5, 0.6) is 0 Å². The molecule has 62 valence electrons. The van der Waals surface area contributed by atoms with Gasteiger partial charge in [0.05, 0.1) is 13.5 Å². The molecule has 0 aliphatic rings. The lowest BCUT2D eigenvalue weighted by Crippen LogP contribution is -2.00. The standard InChI is InChI=1S/C9H14O2/c1-4-6-8(5-2)7-9(10)11-3/h5-6H,2,4,7H2,1,3H3/b8-6+. The summed E-state index contributed by atoms with van der Waals surface area (Å²) in [6, 6.07) is 0. The van der Waals surface area contributed by atoms with Gasteiger partial charge in [-0.05, 0) is 12.0 Å². The lowest BCUT2D eigenvalue weighted by molar-refractivity contribution is -0.139. The van der Waals surface area contributed by atoms with Gasteiger partial charge >= 0.3 is 5.97 Å². The average molecular weight is 154 g/mol. The zero-order chi connectivity index (χ0) is 8.69. The average Bonchev–Trinajstić information content (AvgIpc) is 2.03. The highest BCUT2D eigenvalue weighted by molar-refractivity contribution is 5.73. The maximum absolute atomic E-state index is 10.7. The predicted octanol–water partition coefficient (Wildman–Crippen LogP) is 2.07. The zero-order valence-corrected chi connectivity index (χ0v) is 7.09. The molecule has 2 heteroatoms. The zero-order valence-electron chi connectivity index (χ0n) is 7.09. The molecule has 0 radical (unpaired) electrons. The molecule has 0 heterocycles. The van der Waals surface area contributed by atoms with E-state index in [9.17, 15) is 4.79 Å². The molecule has 0 saturated carbocycles. The third-order valence-corrected chi connectivity index (χ3v) is 1.30. The van der Waals surface area contributed by atoms with Gasteiger partial charge in [0.1, 0.15) is 0 Å². The molecule has 0 aromatic heterocycles.